The van der Waals surface area contributed by atoms with Crippen LogP contribution in [-0.2, 0) is 4.79 Å². The largest absolute Gasteiger partial charge is 0.484 e. The van der Waals surface area contributed by atoms with Crippen molar-refractivity contribution >= 4 is 5.91 Å². The minimum Gasteiger partial charge on any atom is -0.484 e. The Morgan fingerprint density at radius 1 is 1.19 bits per heavy atom. The Hall–Kier alpha value is -3.76. The van der Waals surface area contributed by atoms with Gasteiger partial charge in [-0.15, -0.1) is 0 Å². The highest BCUT2D eigenvalue weighted by molar-refractivity contribution is 5.75. The van der Waals surface area contributed by atoms with E-state index >= 15 is 0 Å². The van der Waals surface area contributed by atoms with Gasteiger partial charge in [-0.05, 0) is 53.4 Å². The number of ether oxygens (including phenoxy) is 1. The number of fused-ring (bicyclic) bond motifs is 1. The van der Waals surface area contributed by atoms with E-state index in [-0.39, 0.29) is 29.2 Å². The highest BCUT2D eigenvalue weighted by Crippen LogP contribution is 2.57. The number of rotatable bonds is 4. The molecule has 2 aliphatic rings. The van der Waals surface area contributed by atoms with E-state index in [1.165, 1.54) is 0 Å². The average molecular weight is 430 g/mol. The SMILES string of the molecule is CC(C)(C)[C@H]1CC=C2C(C#N)=C(N)C(C#N)(C#N)[C@@H](c3ccc(OCC(N)=O)cc3)[C@@H]2C1. The van der Waals surface area contributed by atoms with Crippen LogP contribution in [-0.4, -0.2) is 12.5 Å². The summed E-state index contributed by atoms with van der Waals surface area (Å²) in [5.74, 6) is -0.549. The van der Waals surface area contributed by atoms with Crippen molar-refractivity contribution in [3.8, 4) is 24.0 Å². The maximum atomic E-state index is 11.0. The fourth-order valence-electron chi connectivity index (χ4n) is 4.90. The van der Waals surface area contributed by atoms with Crippen molar-refractivity contribution in [2.75, 3.05) is 6.61 Å². The van der Waals surface area contributed by atoms with E-state index in [0.29, 0.717) is 11.7 Å². The number of primary amides is 1. The van der Waals surface area contributed by atoms with Gasteiger partial charge in [-0.25, -0.2) is 0 Å². The summed E-state index contributed by atoms with van der Waals surface area (Å²) in [5.41, 5.74) is 11.7. The van der Waals surface area contributed by atoms with Gasteiger partial charge in [0.1, 0.15) is 11.8 Å². The molecule has 0 aromatic heterocycles. The third kappa shape index (κ3) is 3.81. The van der Waals surface area contributed by atoms with Gasteiger partial charge in [-0.2, -0.15) is 15.8 Å². The Labute approximate surface area is 188 Å². The Morgan fingerprint density at radius 3 is 2.31 bits per heavy atom. The minimum absolute atomic E-state index is 0.0146. The van der Waals surface area contributed by atoms with E-state index in [2.05, 4.69) is 45.1 Å². The van der Waals surface area contributed by atoms with Crippen LogP contribution in [0.1, 0.15) is 45.1 Å². The molecule has 1 aromatic rings. The smallest absolute Gasteiger partial charge is 0.255 e. The number of benzene rings is 1. The van der Waals surface area contributed by atoms with Crippen molar-refractivity contribution < 1.29 is 9.53 Å². The molecule has 0 spiro atoms. The van der Waals surface area contributed by atoms with Crippen molar-refractivity contribution in [3.05, 3.63) is 52.7 Å². The third-order valence-electron chi connectivity index (χ3n) is 6.72. The van der Waals surface area contributed by atoms with Gasteiger partial charge in [0, 0.05) is 5.92 Å². The highest BCUT2D eigenvalue weighted by Gasteiger charge is 2.55. The van der Waals surface area contributed by atoms with E-state index in [1.807, 2.05) is 0 Å². The van der Waals surface area contributed by atoms with Crippen LogP contribution in [0.2, 0.25) is 0 Å². The van der Waals surface area contributed by atoms with Crippen LogP contribution in [0.25, 0.3) is 0 Å². The Balaban J connectivity index is 2.16. The van der Waals surface area contributed by atoms with E-state index in [9.17, 15) is 20.6 Å². The normalized spacial score (nSPS) is 24.2. The number of hydrogen-bond acceptors (Lipinski definition) is 6. The first-order valence-electron chi connectivity index (χ1n) is 10.5. The van der Waals surface area contributed by atoms with E-state index in [0.717, 1.165) is 24.0 Å². The van der Waals surface area contributed by atoms with E-state index in [4.69, 9.17) is 16.2 Å². The number of nitrogens with two attached hydrogens (primary N) is 2. The molecule has 2 aliphatic carbocycles. The second kappa shape index (κ2) is 8.40. The molecule has 0 fully saturated rings. The summed E-state index contributed by atoms with van der Waals surface area (Å²) in [4.78, 5) is 11.0. The van der Waals surface area contributed by atoms with E-state index in [1.54, 1.807) is 24.3 Å². The predicted octanol–water partition coefficient (Wildman–Crippen LogP) is 3.42. The van der Waals surface area contributed by atoms with Gasteiger partial charge in [0.05, 0.1) is 23.4 Å². The predicted molar refractivity (Wildman–Crippen MR) is 118 cm³/mol. The second-order valence-electron chi connectivity index (χ2n) is 9.53. The third-order valence-corrected chi connectivity index (χ3v) is 6.72. The Kier molecular flexibility index (Phi) is 6.02. The summed E-state index contributed by atoms with van der Waals surface area (Å²) in [6, 6.07) is 13.4. The fraction of sp³-hybridized carbons (Fsp3) is 0.440. The van der Waals surface area contributed by atoms with Gasteiger partial charge >= 0.3 is 0 Å². The zero-order valence-electron chi connectivity index (χ0n) is 18.6. The van der Waals surface area contributed by atoms with Crippen LogP contribution in [0.15, 0.2) is 47.2 Å². The molecule has 0 aliphatic heterocycles. The van der Waals surface area contributed by atoms with Crippen LogP contribution in [0.5, 0.6) is 5.75 Å². The van der Waals surface area contributed by atoms with Crippen LogP contribution < -0.4 is 16.2 Å². The summed E-state index contributed by atoms with van der Waals surface area (Å²) in [6.07, 6.45) is 3.61. The van der Waals surface area contributed by atoms with Crippen LogP contribution in [0, 0.1) is 56.7 Å². The monoisotopic (exact) mass is 429 g/mol. The first-order chi connectivity index (χ1) is 15.1. The zero-order chi connectivity index (χ0) is 23.7. The van der Waals surface area contributed by atoms with Gasteiger partial charge in [-0.3, -0.25) is 4.79 Å². The average Bonchev–Trinajstić information content (AvgIpc) is 2.76. The van der Waals surface area contributed by atoms with Crippen molar-refractivity contribution in [1.82, 2.24) is 0 Å². The summed E-state index contributed by atoms with van der Waals surface area (Å²) >= 11 is 0. The Morgan fingerprint density at radius 2 is 1.81 bits per heavy atom. The summed E-state index contributed by atoms with van der Waals surface area (Å²) in [6.45, 7) is 6.29. The van der Waals surface area contributed by atoms with Crippen LogP contribution in [0.4, 0.5) is 0 Å². The first kappa shape index (κ1) is 22.9. The molecule has 1 amide bonds. The summed E-state index contributed by atoms with van der Waals surface area (Å²) in [5, 5.41) is 30.2. The molecule has 7 nitrogen and oxygen atoms in total. The standard InChI is InChI=1S/C25H27N5O2/c1-24(2,3)16-6-9-18-19(10-16)22(25(13-27,14-28)23(30)20(18)11-26)15-4-7-17(8-5-15)32-12-21(29)31/h4-5,7-9,16,19,22H,6,10,12,30H2,1-3H3,(H2,29,31)/t16-,19+,22-/m0/s1. The molecule has 0 unspecified atom stereocenters. The van der Waals surface area contributed by atoms with E-state index < -0.39 is 17.2 Å². The molecule has 3 rings (SSSR count). The number of nitriles is 3. The fourth-order valence-corrected chi connectivity index (χ4v) is 4.90. The van der Waals surface area contributed by atoms with Crippen molar-refractivity contribution in [2.45, 2.75) is 39.5 Å². The summed E-state index contributed by atoms with van der Waals surface area (Å²) < 4.78 is 5.35. The number of carbonyl (C=O) groups is 1. The topological polar surface area (TPSA) is 150 Å². The molecule has 0 heterocycles. The number of hydrogen-bond donors (Lipinski definition) is 2. The molecule has 7 heteroatoms. The van der Waals surface area contributed by atoms with Crippen molar-refractivity contribution in [2.24, 2.45) is 34.1 Å². The molecule has 164 valence electrons. The molecule has 32 heavy (non-hydrogen) atoms. The Bertz CT molecular complexity index is 1090. The van der Waals surface area contributed by atoms with Crippen molar-refractivity contribution in [3.63, 3.8) is 0 Å². The lowest BCUT2D eigenvalue weighted by molar-refractivity contribution is -0.119. The minimum atomic E-state index is -1.66. The maximum absolute atomic E-state index is 11.0. The molecule has 0 saturated carbocycles. The van der Waals surface area contributed by atoms with Crippen LogP contribution in [0.3, 0.4) is 0 Å². The van der Waals surface area contributed by atoms with Gasteiger partial charge in [-0.1, -0.05) is 39.0 Å². The van der Waals surface area contributed by atoms with Crippen LogP contribution >= 0.6 is 0 Å². The lowest BCUT2D eigenvalue weighted by Gasteiger charge is -2.47. The second-order valence-corrected chi connectivity index (χ2v) is 9.53. The molecule has 4 N–H and O–H groups in total. The molecule has 0 radical (unpaired) electrons. The number of amides is 1. The molecule has 3 atom stereocenters. The highest BCUT2D eigenvalue weighted by atomic mass is 16.5. The van der Waals surface area contributed by atoms with Crippen molar-refractivity contribution in [1.29, 1.82) is 15.8 Å². The van der Waals surface area contributed by atoms with Gasteiger partial charge in [0.15, 0.2) is 12.0 Å². The molecular formula is C25H27N5O2. The molecule has 0 bridgehead atoms. The number of allylic oxidation sites excluding steroid dienone is 4. The lowest BCUT2D eigenvalue weighted by Crippen LogP contribution is -2.44. The lowest BCUT2D eigenvalue weighted by atomic mass is 9.54. The van der Waals surface area contributed by atoms with Gasteiger partial charge in [0.2, 0.25) is 0 Å². The van der Waals surface area contributed by atoms with Gasteiger partial charge in [0.25, 0.3) is 5.91 Å². The zero-order valence-corrected chi connectivity index (χ0v) is 18.6. The number of nitrogens with zero attached hydrogens (tertiary/aromatic N) is 3. The maximum Gasteiger partial charge on any atom is 0.255 e. The molecule has 1 aromatic carbocycles. The quantitative estimate of drug-likeness (QED) is 0.748. The summed E-state index contributed by atoms with van der Waals surface area (Å²) in [7, 11) is 0. The van der Waals surface area contributed by atoms with Gasteiger partial charge < -0.3 is 16.2 Å². The number of carbonyl (C=O) groups excluding carboxylic acids is 1. The molecule has 0 saturated heterocycles. The molecular weight excluding hydrogens is 402 g/mol. The first-order valence-corrected chi connectivity index (χ1v) is 10.5.